The van der Waals surface area contributed by atoms with Crippen molar-refractivity contribution in [3.8, 4) is 0 Å². The SMILES string of the molecule is COCCCCCCOP(=O)(OCCCCNC(=O)C(F)(F)F)c1ccc2c(c1)C(C)(C)C(/C=C/C=C/C=C1\N(CCCCS(=O)(=O)O)c3ccc(P(=O)(OCCCCCCOC)OCCCCNC(=O)C(F)(F)F)cc3C1(C)C)=[N+]2CCCSOO[O-]. The van der Waals surface area contributed by atoms with E-state index < -0.39 is 66.1 Å². The molecule has 2 atom stereocenters. The fraction of sp³-hybridized carbons (Fsp3) is 0.638. The number of anilines is 1. The Morgan fingerprint density at radius 2 is 1.15 bits per heavy atom. The summed E-state index contributed by atoms with van der Waals surface area (Å²) in [5.41, 5.74) is 3.15. The molecule has 0 fully saturated rings. The summed E-state index contributed by atoms with van der Waals surface area (Å²) in [5.74, 6) is -4.18. The van der Waals surface area contributed by atoms with Crippen molar-refractivity contribution in [2.75, 3.05) is 96.4 Å². The zero-order valence-corrected chi connectivity index (χ0v) is 54.3. The summed E-state index contributed by atoms with van der Waals surface area (Å²) < 4.78 is 180. The molecule has 0 radical (unpaired) electrons. The van der Waals surface area contributed by atoms with Crippen LogP contribution in [-0.4, -0.2) is 139 Å². The standard InChI is InChI=1S/C58H86F6N4O16P2S2/c1-55(2)47-43-45(85(72,79-37-19-9-7-17-35-77-5)81-39-21-14-31-65-53(69)57(59,60)61)27-29-49(47)67(33-16-23-42-88(74,75)76)51(55)25-12-11-13-26-52-56(3,4)48-44-46(28-30-50(48)68(52)34-24-41-87-84-83-71)86(73,80-38-20-10-8-18-36-78-6)82-40-22-15-32-66-54(70)58(62,63)64/h11-13,25-30,43-44H,7-10,14-24,31-42H2,1-6H3,(H3-,65,66,69,70,71,74,75,76). The number of nitrogens with one attached hydrogen (secondary N) is 2. The first kappa shape index (κ1) is 76.5. The monoisotopic (exact) mass is 1330 g/mol. The number of methoxy groups -OCH3 is 2. The lowest BCUT2D eigenvalue weighted by atomic mass is 9.81. The first-order valence-corrected chi connectivity index (χ1v) is 35.0. The highest BCUT2D eigenvalue weighted by Crippen LogP contribution is 2.53. The van der Waals surface area contributed by atoms with E-state index in [1.54, 1.807) is 44.6 Å². The molecular formula is C58H86F6N4O16P2S2. The van der Waals surface area contributed by atoms with Crippen molar-refractivity contribution >= 4 is 76.9 Å². The third-order valence-corrected chi connectivity index (χ3v) is 19.9. The van der Waals surface area contributed by atoms with Gasteiger partial charge in [-0.25, -0.2) is 0 Å². The topological polar surface area (TPSA) is 250 Å². The molecule has 0 bridgehead atoms. The van der Waals surface area contributed by atoms with Crippen LogP contribution in [0.4, 0.5) is 37.7 Å². The molecule has 88 heavy (non-hydrogen) atoms. The molecule has 498 valence electrons. The third kappa shape index (κ3) is 24.2. The van der Waals surface area contributed by atoms with Crippen LogP contribution in [0.2, 0.25) is 0 Å². The molecule has 2 amide bonds. The molecule has 2 aromatic carbocycles. The number of unbranched alkanes of at least 4 members (excludes halogenated alkanes) is 9. The van der Waals surface area contributed by atoms with E-state index in [0.29, 0.717) is 57.7 Å². The van der Waals surface area contributed by atoms with Gasteiger partial charge in [0.15, 0.2) is 5.71 Å². The number of hydrogen-bond acceptors (Lipinski definition) is 17. The predicted octanol–water partition coefficient (Wildman–Crippen LogP) is 10.8. The Kier molecular flexibility index (Phi) is 32.1. The van der Waals surface area contributed by atoms with Gasteiger partial charge in [-0.2, -0.15) is 43.7 Å². The number of hydrogen-bond donors (Lipinski definition) is 3. The molecular weight excluding hydrogens is 1250 g/mol. The van der Waals surface area contributed by atoms with Crippen LogP contribution in [0, 0.1) is 0 Å². The zero-order chi connectivity index (χ0) is 65.1. The molecule has 4 rings (SSSR count). The summed E-state index contributed by atoms with van der Waals surface area (Å²) in [6.07, 6.45) is 6.90. The van der Waals surface area contributed by atoms with Gasteiger partial charge in [-0.15, -0.1) is 0 Å². The summed E-state index contributed by atoms with van der Waals surface area (Å²) in [6.45, 7) is 9.24. The number of alkyl halides is 6. The number of carbonyl (C=O) groups is 2. The van der Waals surface area contributed by atoms with E-state index >= 15 is 0 Å². The second kappa shape index (κ2) is 36.9. The molecule has 2 unspecified atom stereocenters. The van der Waals surface area contributed by atoms with Gasteiger partial charge in [0.25, 0.3) is 10.1 Å². The van der Waals surface area contributed by atoms with Crippen LogP contribution < -0.4 is 31.4 Å². The van der Waals surface area contributed by atoms with Gasteiger partial charge in [-0.05, 0) is 120 Å². The second-order valence-corrected chi connectivity index (χ2v) is 28.4. The Morgan fingerprint density at radius 3 is 1.64 bits per heavy atom. The number of benzene rings is 2. The number of carbonyl (C=O) groups excluding carboxylic acids is 2. The highest BCUT2D eigenvalue weighted by molar-refractivity contribution is 7.94. The average Bonchev–Trinajstić information content (AvgIpc) is 2.08. The summed E-state index contributed by atoms with van der Waals surface area (Å²) >= 11 is 0.846. The van der Waals surface area contributed by atoms with Gasteiger partial charge in [0.1, 0.15) is 6.54 Å². The van der Waals surface area contributed by atoms with Crippen molar-refractivity contribution in [3.63, 3.8) is 0 Å². The van der Waals surface area contributed by atoms with Crippen molar-refractivity contribution in [1.82, 2.24) is 10.6 Å². The van der Waals surface area contributed by atoms with Gasteiger partial charge >= 0.3 is 39.4 Å². The number of halogens is 6. The molecule has 0 aliphatic carbocycles. The molecule has 0 aromatic heterocycles. The van der Waals surface area contributed by atoms with E-state index in [0.717, 1.165) is 84.5 Å². The van der Waals surface area contributed by atoms with Gasteiger partial charge in [-0.3, -0.25) is 28.3 Å². The van der Waals surface area contributed by atoms with E-state index in [4.69, 9.17) is 27.6 Å². The van der Waals surface area contributed by atoms with Crippen LogP contribution in [0.3, 0.4) is 0 Å². The number of amides is 2. The van der Waals surface area contributed by atoms with E-state index in [2.05, 4.69) is 13.9 Å². The van der Waals surface area contributed by atoms with E-state index in [9.17, 15) is 63.3 Å². The van der Waals surface area contributed by atoms with Crippen molar-refractivity contribution < 1.29 is 105 Å². The summed E-state index contributed by atoms with van der Waals surface area (Å²) in [7, 11) is -9.13. The van der Waals surface area contributed by atoms with Crippen molar-refractivity contribution in [2.24, 2.45) is 0 Å². The molecule has 30 heteroatoms. The molecule has 2 aromatic rings. The highest BCUT2D eigenvalue weighted by atomic mass is 32.2. The van der Waals surface area contributed by atoms with Crippen LogP contribution in [0.15, 0.2) is 72.5 Å². The van der Waals surface area contributed by atoms with Crippen LogP contribution in [0.5, 0.6) is 0 Å². The Hall–Kier alpha value is -3.99. The maximum atomic E-state index is 14.8. The lowest BCUT2D eigenvalue weighted by molar-refractivity contribution is -0.777. The smallest absolute Gasteiger partial charge is 0.471 e. The summed E-state index contributed by atoms with van der Waals surface area (Å²) in [6, 6.07) is 10.4. The molecule has 3 N–H and O–H groups in total. The van der Waals surface area contributed by atoms with E-state index in [1.165, 1.54) is 0 Å². The molecule has 2 aliphatic heterocycles. The van der Waals surface area contributed by atoms with Gasteiger partial charge in [-0.1, -0.05) is 57.8 Å². The molecule has 0 saturated heterocycles. The Morgan fingerprint density at radius 1 is 0.659 bits per heavy atom. The largest absolute Gasteiger partial charge is 0.691 e. The average molecular weight is 1340 g/mol. The minimum atomic E-state index is -5.03. The number of rotatable bonds is 44. The fourth-order valence-electron chi connectivity index (χ4n) is 9.97. The second-order valence-electron chi connectivity index (χ2n) is 22.0. The normalized spacial score (nSPS) is 16.8. The predicted molar refractivity (Wildman–Crippen MR) is 323 cm³/mol. The number of nitrogens with zero attached hydrogens (tertiary/aromatic N) is 2. The molecule has 0 saturated carbocycles. The van der Waals surface area contributed by atoms with E-state index in [1.807, 2.05) is 79.7 Å². The third-order valence-electron chi connectivity index (χ3n) is 14.6. The van der Waals surface area contributed by atoms with Crippen molar-refractivity contribution in [1.29, 1.82) is 0 Å². The quantitative estimate of drug-likeness (QED) is 0.00642. The van der Waals surface area contributed by atoms with Crippen LogP contribution >= 0.6 is 27.2 Å². The van der Waals surface area contributed by atoms with Crippen molar-refractivity contribution in [3.05, 3.63) is 83.6 Å². The molecule has 0 spiro atoms. The zero-order valence-electron chi connectivity index (χ0n) is 50.9. The molecule has 20 nitrogen and oxygen atoms in total. The molecule has 2 aliphatic rings. The van der Waals surface area contributed by atoms with Gasteiger partial charge in [0.05, 0.1) is 48.2 Å². The van der Waals surface area contributed by atoms with Crippen LogP contribution in [0.25, 0.3) is 0 Å². The van der Waals surface area contributed by atoms with Gasteiger partial charge in [0.2, 0.25) is 5.69 Å². The highest BCUT2D eigenvalue weighted by Gasteiger charge is 2.46. The number of fused-ring (bicyclic) bond motifs is 2. The minimum absolute atomic E-state index is 0.0827. The van der Waals surface area contributed by atoms with E-state index in [-0.39, 0.29) is 82.2 Å². The Labute approximate surface area is 517 Å². The lowest BCUT2D eigenvalue weighted by Gasteiger charge is -2.27. The Balaban J connectivity index is 1.68. The minimum Gasteiger partial charge on any atom is -0.691 e. The maximum Gasteiger partial charge on any atom is 0.471 e. The summed E-state index contributed by atoms with van der Waals surface area (Å²) in [4.78, 5) is 24.7. The van der Waals surface area contributed by atoms with Gasteiger partial charge < -0.3 is 48.4 Å². The number of allylic oxidation sites excluding steroid dienone is 6. The van der Waals surface area contributed by atoms with Crippen LogP contribution in [0.1, 0.15) is 135 Å². The summed E-state index contributed by atoms with van der Waals surface area (Å²) in [5, 5.41) is 18.3. The van der Waals surface area contributed by atoms with Crippen LogP contribution in [-0.2, 0) is 76.6 Å². The van der Waals surface area contributed by atoms with Gasteiger partial charge in [0, 0.05) is 106 Å². The fourth-order valence-corrected chi connectivity index (χ4v) is 14.2. The van der Waals surface area contributed by atoms with Crippen molar-refractivity contribution in [2.45, 2.75) is 147 Å². The first-order chi connectivity index (χ1) is 41.6. The molecule has 2 heterocycles. The Bertz CT molecular complexity index is 2890. The number of ether oxygens (including phenoxy) is 2. The maximum absolute atomic E-state index is 14.8. The lowest BCUT2D eigenvalue weighted by Crippen LogP contribution is -2.37. The first-order valence-electron chi connectivity index (χ1n) is 29.3.